The molecule has 0 fully saturated rings. The normalized spacial score (nSPS) is 12.4. The van der Waals surface area contributed by atoms with Gasteiger partial charge >= 0.3 is 6.18 Å². The maximum Gasteiger partial charge on any atom is 0.417 e. The highest BCUT2D eigenvalue weighted by Crippen LogP contribution is 2.50. The molecule has 0 atom stereocenters. The van der Waals surface area contributed by atoms with Crippen LogP contribution in [0.25, 0.3) is 94.3 Å². The fraction of sp³-hybridized carbons (Fsp3) is 0.0125. The summed E-state index contributed by atoms with van der Waals surface area (Å²) in [6.07, 6.45) is -4.71. The third-order valence-electron chi connectivity index (χ3n) is 17.6. The van der Waals surface area contributed by atoms with E-state index in [4.69, 9.17) is 0 Å². The minimum absolute atomic E-state index is 0.00127. The molecule has 0 N–H and O–H groups in total. The first-order valence-corrected chi connectivity index (χ1v) is 29.5. The van der Waals surface area contributed by atoms with Gasteiger partial charge in [-0.1, -0.05) is 206 Å². The molecule has 16 rings (SSSR count). The molecule has 2 aliphatic heterocycles. The van der Waals surface area contributed by atoms with E-state index < -0.39 is 11.7 Å². The van der Waals surface area contributed by atoms with Gasteiger partial charge in [-0.15, -0.1) is 0 Å². The SMILES string of the molecule is N#Cc1ccc(-c2ccccc2-n2c3ccccc3c3cc(-c4cc5c6c(c4)N(c4cc(-c7ccccc7)cc(-c7ccccc7)c4)c4ccccc4B6c4ccccc4N5c4cc(-c5ccccc5)cc(-c5ccccc5)c4)ccc32)c(C(F)(F)F)c1. The van der Waals surface area contributed by atoms with E-state index in [9.17, 15) is 5.26 Å². The second-order valence-electron chi connectivity index (χ2n) is 22.6. The molecule has 13 aromatic carbocycles. The number of aromatic nitrogens is 1. The highest BCUT2D eigenvalue weighted by atomic mass is 19.4. The Morgan fingerprint density at radius 3 is 1.25 bits per heavy atom. The Morgan fingerprint density at radius 2 is 0.750 bits per heavy atom. The van der Waals surface area contributed by atoms with Gasteiger partial charge in [-0.2, -0.15) is 18.4 Å². The van der Waals surface area contributed by atoms with Gasteiger partial charge in [0.15, 0.2) is 0 Å². The van der Waals surface area contributed by atoms with E-state index in [0.717, 1.165) is 118 Å². The van der Waals surface area contributed by atoms with Crippen LogP contribution in [0.4, 0.5) is 47.3 Å². The lowest BCUT2D eigenvalue weighted by Crippen LogP contribution is -2.61. The number of para-hydroxylation sites is 4. The molecule has 14 aromatic rings. The average molecular weight is 1140 g/mol. The van der Waals surface area contributed by atoms with Gasteiger partial charge in [0.25, 0.3) is 6.71 Å². The molecule has 0 saturated heterocycles. The minimum atomic E-state index is -4.71. The first-order chi connectivity index (χ1) is 43.2. The van der Waals surface area contributed by atoms with Crippen LogP contribution in [0.3, 0.4) is 0 Å². The zero-order chi connectivity index (χ0) is 59.0. The highest BCUT2D eigenvalue weighted by Gasteiger charge is 2.44. The number of nitrogens with zero attached hydrogens (tertiary/aromatic N) is 4. The molecular formula is C80H50BF3N4. The van der Waals surface area contributed by atoms with Crippen molar-refractivity contribution in [2.75, 3.05) is 9.80 Å². The summed E-state index contributed by atoms with van der Waals surface area (Å²) >= 11 is 0. The lowest BCUT2D eigenvalue weighted by Gasteiger charge is -2.44. The topological polar surface area (TPSA) is 35.2 Å². The van der Waals surface area contributed by atoms with Gasteiger partial charge in [0.05, 0.1) is 33.9 Å². The van der Waals surface area contributed by atoms with Crippen LogP contribution < -0.4 is 26.2 Å². The second-order valence-corrected chi connectivity index (χ2v) is 22.6. The van der Waals surface area contributed by atoms with E-state index >= 15 is 13.2 Å². The van der Waals surface area contributed by atoms with Gasteiger partial charge in [0.2, 0.25) is 0 Å². The number of fused-ring (bicyclic) bond motifs is 7. The lowest BCUT2D eigenvalue weighted by atomic mass is 9.33. The molecule has 414 valence electrons. The lowest BCUT2D eigenvalue weighted by molar-refractivity contribution is -0.137. The number of nitriles is 1. The fourth-order valence-corrected chi connectivity index (χ4v) is 13.7. The largest absolute Gasteiger partial charge is 0.417 e. The zero-order valence-electron chi connectivity index (χ0n) is 47.4. The molecule has 0 radical (unpaired) electrons. The van der Waals surface area contributed by atoms with E-state index in [1.54, 1.807) is 12.1 Å². The van der Waals surface area contributed by atoms with Crippen molar-refractivity contribution in [1.29, 1.82) is 5.26 Å². The monoisotopic (exact) mass is 1130 g/mol. The molecule has 8 heteroatoms. The summed E-state index contributed by atoms with van der Waals surface area (Å²) in [6, 6.07) is 106. The Balaban J connectivity index is 0.980. The number of alkyl halides is 3. The number of halogens is 3. The quantitative estimate of drug-likeness (QED) is 0.135. The number of anilines is 6. The Morgan fingerprint density at radius 1 is 0.318 bits per heavy atom. The third kappa shape index (κ3) is 8.78. The Kier molecular flexibility index (Phi) is 12.4. The van der Waals surface area contributed by atoms with Crippen molar-refractivity contribution < 1.29 is 13.2 Å². The molecule has 1 aromatic heterocycles. The van der Waals surface area contributed by atoms with Crippen molar-refractivity contribution in [1.82, 2.24) is 4.57 Å². The first kappa shape index (κ1) is 52.2. The van der Waals surface area contributed by atoms with Crippen molar-refractivity contribution in [3.8, 4) is 78.5 Å². The summed E-state index contributed by atoms with van der Waals surface area (Å²) < 4.78 is 47.2. The van der Waals surface area contributed by atoms with Crippen molar-refractivity contribution >= 4 is 79.0 Å². The third-order valence-corrected chi connectivity index (χ3v) is 17.6. The number of hydrogen-bond donors (Lipinski definition) is 0. The van der Waals surface area contributed by atoms with Gasteiger partial charge in [-0.25, -0.2) is 0 Å². The van der Waals surface area contributed by atoms with Gasteiger partial charge in [-0.05, 0) is 175 Å². The van der Waals surface area contributed by atoms with Crippen LogP contribution >= 0.6 is 0 Å². The Labute approximate surface area is 508 Å². The van der Waals surface area contributed by atoms with Crippen molar-refractivity contribution in [3.63, 3.8) is 0 Å². The summed E-state index contributed by atoms with van der Waals surface area (Å²) in [5.74, 6) is 0. The van der Waals surface area contributed by atoms with E-state index in [-0.39, 0.29) is 17.8 Å². The van der Waals surface area contributed by atoms with Crippen molar-refractivity contribution in [2.24, 2.45) is 0 Å². The van der Waals surface area contributed by atoms with Gasteiger partial charge < -0.3 is 14.4 Å². The van der Waals surface area contributed by atoms with E-state index in [0.29, 0.717) is 11.3 Å². The van der Waals surface area contributed by atoms with Crippen LogP contribution in [-0.2, 0) is 6.18 Å². The molecule has 0 amide bonds. The predicted octanol–water partition coefficient (Wildman–Crippen LogP) is 19.8. The average Bonchev–Trinajstić information content (AvgIpc) is 0.846. The summed E-state index contributed by atoms with van der Waals surface area (Å²) in [5, 5.41) is 11.6. The van der Waals surface area contributed by atoms with Crippen LogP contribution in [0.5, 0.6) is 0 Å². The van der Waals surface area contributed by atoms with Crippen LogP contribution in [0, 0.1) is 11.3 Å². The van der Waals surface area contributed by atoms with Crippen LogP contribution in [0.1, 0.15) is 11.1 Å². The molecule has 0 saturated carbocycles. The molecule has 0 spiro atoms. The Hall–Kier alpha value is -11.4. The molecule has 88 heavy (non-hydrogen) atoms. The summed E-state index contributed by atoms with van der Waals surface area (Å²) in [4.78, 5) is 4.96. The van der Waals surface area contributed by atoms with Crippen LogP contribution in [-0.4, -0.2) is 11.3 Å². The highest BCUT2D eigenvalue weighted by molar-refractivity contribution is 7.00. The second kappa shape index (κ2) is 21.0. The zero-order valence-corrected chi connectivity index (χ0v) is 47.4. The van der Waals surface area contributed by atoms with Gasteiger partial charge in [0.1, 0.15) is 0 Å². The molecule has 0 unspecified atom stereocenters. The standard InChI is InChI=1S/C80H50BF3N4/c82-80(83,84)69-41-52(51-85)37-39-65(69)66-29-13-17-33-72(66)88-73-34-18-14-30-67(73)68-48-57(38-40-74(68)88)62-49-77-79-78(50-62)87(64-46-60(55-25-9-3-10-26-55)43-61(47-64)56-27-11-4-12-28-56)76-36-20-16-32-71(76)81(79)70-31-15-19-35-75(70)86(77)63-44-58(53-21-5-1-6-22-53)42-59(45-63)54-23-7-2-8-24-54/h1-50H. The van der Waals surface area contributed by atoms with Crippen molar-refractivity contribution in [3.05, 3.63) is 314 Å². The number of rotatable bonds is 9. The molecule has 4 nitrogen and oxygen atoms in total. The first-order valence-electron chi connectivity index (χ1n) is 29.5. The summed E-state index contributed by atoms with van der Waals surface area (Å²) in [6.45, 7) is -0.148. The molecule has 0 aliphatic carbocycles. The summed E-state index contributed by atoms with van der Waals surface area (Å²) in [5.41, 5.74) is 22.4. The molecule has 0 bridgehead atoms. The van der Waals surface area contributed by atoms with Crippen LogP contribution in [0.15, 0.2) is 303 Å². The fourth-order valence-electron chi connectivity index (χ4n) is 13.7. The van der Waals surface area contributed by atoms with Gasteiger partial charge in [0, 0.05) is 50.5 Å². The number of benzene rings is 13. The molecular weight excluding hydrogens is 1080 g/mol. The molecule has 2 aliphatic rings. The maximum atomic E-state index is 15.0. The van der Waals surface area contributed by atoms with E-state index in [1.807, 2.05) is 36.4 Å². The minimum Gasteiger partial charge on any atom is -0.311 e. The van der Waals surface area contributed by atoms with Crippen molar-refractivity contribution in [2.45, 2.75) is 6.18 Å². The maximum absolute atomic E-state index is 15.0. The predicted molar refractivity (Wildman–Crippen MR) is 357 cm³/mol. The van der Waals surface area contributed by atoms with E-state index in [1.165, 1.54) is 28.5 Å². The van der Waals surface area contributed by atoms with Gasteiger partial charge in [-0.3, -0.25) is 0 Å². The smallest absolute Gasteiger partial charge is 0.311 e. The summed E-state index contributed by atoms with van der Waals surface area (Å²) in [7, 11) is 0. The Bertz CT molecular complexity index is 4800. The molecule has 3 heterocycles. The number of hydrogen-bond acceptors (Lipinski definition) is 3. The van der Waals surface area contributed by atoms with Crippen LogP contribution in [0.2, 0.25) is 0 Å². The van der Waals surface area contributed by atoms with E-state index in [2.05, 4.69) is 257 Å².